The Kier molecular flexibility index (Phi) is 4.11. The molecule has 0 fully saturated rings. The van der Waals surface area contributed by atoms with Gasteiger partial charge in [-0.05, 0) is 40.2 Å². The number of pyridine rings is 1. The van der Waals surface area contributed by atoms with Gasteiger partial charge in [-0.25, -0.2) is 4.98 Å². The van der Waals surface area contributed by atoms with E-state index in [2.05, 4.69) is 26.2 Å². The van der Waals surface area contributed by atoms with Crippen molar-refractivity contribution in [3.05, 3.63) is 67.4 Å². The molecule has 3 aromatic heterocycles. The third kappa shape index (κ3) is 3.09. The van der Waals surface area contributed by atoms with Crippen LogP contribution in [0, 0.1) is 10.1 Å². The maximum Gasteiger partial charge on any atom is 0.376 e. The second kappa shape index (κ2) is 6.21. The van der Waals surface area contributed by atoms with Crippen molar-refractivity contribution in [1.29, 1.82) is 0 Å². The lowest BCUT2D eigenvalue weighted by atomic mass is 10.3. The molecule has 9 heteroatoms. The van der Waals surface area contributed by atoms with Crippen molar-refractivity contribution in [2.45, 2.75) is 6.42 Å². The normalized spacial score (nSPS) is 10.8. The highest BCUT2D eigenvalue weighted by Crippen LogP contribution is 2.19. The fourth-order valence-electron chi connectivity index (χ4n) is 2.16. The van der Waals surface area contributed by atoms with Crippen LogP contribution in [0.4, 0.5) is 11.5 Å². The number of hydrogen-bond acceptors (Lipinski definition) is 6. The molecule has 1 N–H and O–H groups in total. The van der Waals surface area contributed by atoms with E-state index in [1.165, 1.54) is 6.20 Å². The van der Waals surface area contributed by atoms with Crippen molar-refractivity contribution in [1.82, 2.24) is 9.38 Å². The van der Waals surface area contributed by atoms with Gasteiger partial charge in [0.05, 0.1) is 4.92 Å². The van der Waals surface area contributed by atoms with Crippen LogP contribution < -0.4 is 10.9 Å². The maximum absolute atomic E-state index is 12.2. The third-order valence-electron chi connectivity index (χ3n) is 3.19. The number of anilines is 1. The van der Waals surface area contributed by atoms with Crippen LogP contribution in [0.25, 0.3) is 5.65 Å². The van der Waals surface area contributed by atoms with E-state index < -0.39 is 16.2 Å². The lowest BCUT2D eigenvalue weighted by Crippen LogP contribution is -2.21. The number of nitrogens with zero attached hydrogens (tertiary/aromatic N) is 3. The quantitative estimate of drug-likeness (QED) is 0.540. The monoisotopic (exact) mass is 378 g/mol. The summed E-state index contributed by atoms with van der Waals surface area (Å²) >= 11 is 3.20. The molecular formula is C14H11BrN4O4. The van der Waals surface area contributed by atoms with E-state index in [9.17, 15) is 14.9 Å². The molecule has 3 heterocycles. The van der Waals surface area contributed by atoms with Crippen LogP contribution in [-0.2, 0) is 6.42 Å². The highest BCUT2D eigenvalue weighted by molar-refractivity contribution is 9.10. The van der Waals surface area contributed by atoms with Crippen molar-refractivity contribution < 1.29 is 9.34 Å². The second-order valence-corrected chi connectivity index (χ2v) is 5.46. The first-order valence-corrected chi connectivity index (χ1v) is 7.49. The van der Waals surface area contributed by atoms with E-state index in [1.807, 2.05) is 0 Å². The van der Waals surface area contributed by atoms with Crippen molar-refractivity contribution in [3.63, 3.8) is 0 Å². The molecule has 0 saturated carbocycles. The van der Waals surface area contributed by atoms with Crippen molar-refractivity contribution in [2.75, 3.05) is 11.9 Å². The minimum Gasteiger partial charge on any atom is -0.454 e. The smallest absolute Gasteiger partial charge is 0.376 e. The van der Waals surface area contributed by atoms with Crippen LogP contribution in [0.1, 0.15) is 5.76 Å². The Hall–Kier alpha value is -2.68. The Balaban J connectivity index is 1.91. The van der Waals surface area contributed by atoms with E-state index >= 15 is 0 Å². The molecule has 0 bridgehead atoms. The lowest BCUT2D eigenvalue weighted by Gasteiger charge is -2.07. The Morgan fingerprint density at radius 2 is 2.17 bits per heavy atom. The molecule has 23 heavy (non-hydrogen) atoms. The van der Waals surface area contributed by atoms with Gasteiger partial charge in [0.25, 0.3) is 0 Å². The molecule has 118 valence electrons. The first kappa shape index (κ1) is 15.2. The predicted octanol–water partition coefficient (Wildman–Crippen LogP) is 2.61. The molecule has 0 amide bonds. The molecule has 0 atom stereocenters. The molecule has 0 aliphatic rings. The van der Waals surface area contributed by atoms with Crippen LogP contribution in [-0.4, -0.2) is 20.9 Å². The van der Waals surface area contributed by atoms with Gasteiger partial charge in [-0.1, -0.05) is 6.07 Å². The Morgan fingerprint density at radius 1 is 1.35 bits per heavy atom. The second-order valence-electron chi connectivity index (χ2n) is 4.68. The van der Waals surface area contributed by atoms with E-state index in [0.717, 1.165) is 4.40 Å². The average molecular weight is 379 g/mol. The van der Waals surface area contributed by atoms with Gasteiger partial charge < -0.3 is 9.73 Å². The molecule has 3 rings (SSSR count). The fraction of sp³-hybridized carbons (Fsp3) is 0.143. The summed E-state index contributed by atoms with van der Waals surface area (Å²) in [6.07, 6.45) is 1.94. The van der Waals surface area contributed by atoms with Gasteiger partial charge >= 0.3 is 11.2 Å². The molecule has 8 nitrogen and oxygen atoms in total. The van der Waals surface area contributed by atoms with Crippen molar-refractivity contribution in [3.8, 4) is 0 Å². The summed E-state index contributed by atoms with van der Waals surface area (Å²) < 4.78 is 7.11. The van der Waals surface area contributed by atoms with E-state index in [4.69, 9.17) is 4.42 Å². The summed E-state index contributed by atoms with van der Waals surface area (Å²) in [5.41, 5.74) is -0.954. The van der Waals surface area contributed by atoms with Gasteiger partial charge in [-0.3, -0.25) is 19.3 Å². The van der Waals surface area contributed by atoms with Crippen LogP contribution >= 0.6 is 15.9 Å². The zero-order valence-corrected chi connectivity index (χ0v) is 13.3. The number of furan rings is 1. The number of nitrogens with one attached hydrogen (secondary N) is 1. The van der Waals surface area contributed by atoms with Gasteiger partial charge in [0.15, 0.2) is 4.67 Å². The molecule has 0 aliphatic carbocycles. The molecule has 0 aliphatic heterocycles. The predicted molar refractivity (Wildman–Crippen MR) is 86.7 cm³/mol. The molecule has 3 aromatic rings. The summed E-state index contributed by atoms with van der Waals surface area (Å²) in [4.78, 5) is 26.9. The Labute approximate surface area is 138 Å². The van der Waals surface area contributed by atoms with Gasteiger partial charge in [-0.2, -0.15) is 0 Å². The standard InChI is InChI=1S/C14H11BrN4O4/c15-10-5-4-9(23-10)6-7-16-13-12(19(21)22)14(20)18-8-2-1-3-11(18)17-13/h1-5,8,16H,6-7H2. The summed E-state index contributed by atoms with van der Waals surface area (Å²) in [5, 5.41) is 14.1. The highest BCUT2D eigenvalue weighted by atomic mass is 79.9. The number of halogens is 1. The lowest BCUT2D eigenvalue weighted by molar-refractivity contribution is -0.385. The first-order valence-electron chi connectivity index (χ1n) is 6.70. The minimum atomic E-state index is -0.722. The largest absolute Gasteiger partial charge is 0.454 e. The zero-order chi connectivity index (χ0) is 16.4. The Bertz CT molecular complexity index is 934. The van der Waals surface area contributed by atoms with Crippen molar-refractivity contribution in [2.24, 2.45) is 0 Å². The fourth-order valence-corrected chi connectivity index (χ4v) is 2.50. The number of fused-ring (bicyclic) bond motifs is 1. The van der Waals surface area contributed by atoms with E-state index in [1.54, 1.807) is 30.3 Å². The first-order chi connectivity index (χ1) is 11.1. The summed E-state index contributed by atoms with van der Waals surface area (Å²) in [6, 6.07) is 8.49. The van der Waals surface area contributed by atoms with E-state index in [0.29, 0.717) is 29.0 Å². The molecule has 0 spiro atoms. The summed E-state index contributed by atoms with van der Waals surface area (Å²) in [7, 11) is 0. The van der Waals surface area contributed by atoms with Crippen LogP contribution in [0.3, 0.4) is 0 Å². The van der Waals surface area contributed by atoms with Gasteiger partial charge in [0.1, 0.15) is 11.4 Å². The topological polar surface area (TPSA) is 103 Å². The van der Waals surface area contributed by atoms with Crippen LogP contribution in [0.5, 0.6) is 0 Å². The summed E-state index contributed by atoms with van der Waals surface area (Å²) in [6.45, 7) is 0.343. The third-order valence-corrected chi connectivity index (χ3v) is 3.61. The van der Waals surface area contributed by atoms with E-state index in [-0.39, 0.29) is 5.82 Å². The van der Waals surface area contributed by atoms with Gasteiger partial charge in [-0.15, -0.1) is 0 Å². The van der Waals surface area contributed by atoms with Crippen LogP contribution in [0.15, 0.2) is 50.4 Å². The number of aromatic nitrogens is 2. The van der Waals surface area contributed by atoms with Crippen molar-refractivity contribution >= 4 is 33.1 Å². The number of hydrogen-bond donors (Lipinski definition) is 1. The average Bonchev–Trinajstić information content (AvgIpc) is 2.92. The Morgan fingerprint density at radius 3 is 2.87 bits per heavy atom. The molecule has 0 aromatic carbocycles. The highest BCUT2D eigenvalue weighted by Gasteiger charge is 2.23. The van der Waals surface area contributed by atoms with Gasteiger partial charge in [0.2, 0.25) is 5.82 Å². The van der Waals surface area contributed by atoms with Gasteiger partial charge in [0, 0.05) is 19.2 Å². The zero-order valence-electron chi connectivity index (χ0n) is 11.7. The molecule has 0 unspecified atom stereocenters. The maximum atomic E-state index is 12.2. The molecule has 0 saturated heterocycles. The summed E-state index contributed by atoms with van der Waals surface area (Å²) in [5.74, 6) is 0.668. The van der Waals surface area contributed by atoms with Crippen LogP contribution in [0.2, 0.25) is 0 Å². The number of nitro groups is 1. The minimum absolute atomic E-state index is 0.0446. The number of rotatable bonds is 5. The SMILES string of the molecule is O=c1c([N+](=O)[O-])c(NCCc2ccc(Br)o2)nc2ccccn12. The molecule has 0 radical (unpaired) electrons. The molecular weight excluding hydrogens is 368 g/mol.